The van der Waals surface area contributed by atoms with Crippen LogP contribution in [0.5, 0.6) is 23.0 Å². The molecule has 12 heteroatoms. The Morgan fingerprint density at radius 3 is 2.72 bits per heavy atom. The van der Waals surface area contributed by atoms with Gasteiger partial charge in [0.25, 0.3) is 16.6 Å². The summed E-state index contributed by atoms with van der Waals surface area (Å²) < 4.78 is 21.9. The van der Waals surface area contributed by atoms with Crippen molar-refractivity contribution in [1.29, 1.82) is 0 Å². The van der Waals surface area contributed by atoms with Gasteiger partial charge in [-0.15, -0.1) is 10.1 Å². The van der Waals surface area contributed by atoms with Gasteiger partial charge in [-0.3, -0.25) is 9.59 Å². The average molecular weight is 499 g/mol. The maximum Gasteiger partial charge on any atom is 0.294 e. The van der Waals surface area contributed by atoms with E-state index in [0.717, 1.165) is 5.56 Å². The number of hydrogen-bond donors (Lipinski definition) is 2. The van der Waals surface area contributed by atoms with E-state index in [-0.39, 0.29) is 25.5 Å². The number of aromatic nitrogens is 1. The third-order valence-corrected chi connectivity index (χ3v) is 5.52. The first-order chi connectivity index (χ1) is 17.5. The molecule has 1 aliphatic heterocycles. The van der Waals surface area contributed by atoms with E-state index in [1.807, 2.05) is 6.07 Å². The predicted molar refractivity (Wildman–Crippen MR) is 127 cm³/mol. The Morgan fingerprint density at radius 1 is 1.11 bits per heavy atom. The van der Waals surface area contributed by atoms with E-state index in [4.69, 9.17) is 18.9 Å². The zero-order valence-corrected chi connectivity index (χ0v) is 19.5. The number of H-pyrrole nitrogens is 1. The van der Waals surface area contributed by atoms with Crippen molar-refractivity contribution in [3.8, 4) is 23.0 Å². The number of carbonyl (C=O) groups is 1. The van der Waals surface area contributed by atoms with Gasteiger partial charge in [-0.1, -0.05) is 6.07 Å². The molecule has 2 heterocycles. The average Bonchev–Trinajstić information content (AvgIpc) is 3.34. The Bertz CT molecular complexity index is 1320. The molecule has 2 aromatic carbocycles. The topological polar surface area (TPSA) is 151 Å². The molecular formula is C24H25N3O9. The van der Waals surface area contributed by atoms with Crippen molar-refractivity contribution in [2.24, 2.45) is 0 Å². The van der Waals surface area contributed by atoms with Gasteiger partial charge in [0, 0.05) is 11.9 Å². The van der Waals surface area contributed by atoms with Gasteiger partial charge >= 0.3 is 0 Å². The lowest BCUT2D eigenvalue weighted by atomic mass is 10.1. The Hall–Kier alpha value is -4.48. The summed E-state index contributed by atoms with van der Waals surface area (Å²) in [6.07, 6.45) is 1.79. The Balaban J connectivity index is 1.43. The van der Waals surface area contributed by atoms with Crippen LogP contribution in [0.4, 0.5) is 0 Å². The van der Waals surface area contributed by atoms with Gasteiger partial charge in [0.1, 0.15) is 5.56 Å². The fourth-order valence-corrected chi connectivity index (χ4v) is 3.73. The minimum absolute atomic E-state index is 0.0252. The molecule has 0 radical (unpaired) electrons. The minimum Gasteiger partial charge on any atom is -0.493 e. The highest BCUT2D eigenvalue weighted by Crippen LogP contribution is 2.34. The summed E-state index contributed by atoms with van der Waals surface area (Å²) in [5, 5.41) is 12.7. The van der Waals surface area contributed by atoms with Crippen LogP contribution in [0.2, 0.25) is 0 Å². The third kappa shape index (κ3) is 5.77. The number of rotatable bonds is 12. The van der Waals surface area contributed by atoms with Gasteiger partial charge in [-0.25, -0.2) is 0 Å². The summed E-state index contributed by atoms with van der Waals surface area (Å²) in [5.41, 5.74) is 0.601. The van der Waals surface area contributed by atoms with E-state index in [2.05, 4.69) is 15.1 Å². The van der Waals surface area contributed by atoms with Crippen LogP contribution in [-0.2, 0) is 11.4 Å². The smallest absolute Gasteiger partial charge is 0.294 e. The van der Waals surface area contributed by atoms with E-state index >= 15 is 0 Å². The minimum atomic E-state index is -0.820. The Labute approximate surface area is 205 Å². The molecular weight excluding hydrogens is 474 g/mol. The number of benzene rings is 2. The molecule has 4 rings (SSSR count). The zero-order valence-electron chi connectivity index (χ0n) is 19.5. The lowest BCUT2D eigenvalue weighted by Crippen LogP contribution is -2.29. The standard InChI is InChI=1S/C24H25N3O9/c1-32-19-8-6-16-12-17(23(28)25-13-15-5-7-18-20(11-15)35-14-34-18)24(29)26-21(16)22(19)33-9-3-2-4-10-36-27(30)31/h5-8,11-12H,2-4,9-10,13-14H2,1H3,(H,25,28)(H,26,29). The largest absolute Gasteiger partial charge is 0.493 e. The van der Waals surface area contributed by atoms with Crippen LogP contribution in [0.1, 0.15) is 35.2 Å². The summed E-state index contributed by atoms with van der Waals surface area (Å²) in [6, 6.07) is 10.3. The maximum absolute atomic E-state index is 12.8. The SMILES string of the molecule is COc1ccc2cc(C(=O)NCc3ccc4c(c3)OCO4)c(=O)[nH]c2c1OCCCCCO[N+](=O)[O-]. The molecule has 0 saturated heterocycles. The van der Waals surface area contributed by atoms with Crippen molar-refractivity contribution >= 4 is 16.8 Å². The highest BCUT2D eigenvalue weighted by molar-refractivity contribution is 5.98. The lowest BCUT2D eigenvalue weighted by Gasteiger charge is -2.14. The molecule has 0 aliphatic carbocycles. The van der Waals surface area contributed by atoms with Gasteiger partial charge in [-0.05, 0) is 55.2 Å². The Kier molecular flexibility index (Phi) is 7.73. The summed E-state index contributed by atoms with van der Waals surface area (Å²) in [6.45, 7) is 0.689. The van der Waals surface area contributed by atoms with Gasteiger partial charge in [0.2, 0.25) is 6.79 Å². The van der Waals surface area contributed by atoms with Crippen LogP contribution in [0.25, 0.3) is 10.9 Å². The molecule has 36 heavy (non-hydrogen) atoms. The van der Waals surface area contributed by atoms with E-state index in [1.165, 1.54) is 13.2 Å². The van der Waals surface area contributed by atoms with Crippen LogP contribution >= 0.6 is 0 Å². The van der Waals surface area contributed by atoms with E-state index in [9.17, 15) is 19.7 Å². The number of hydrogen-bond acceptors (Lipinski definition) is 9. The van der Waals surface area contributed by atoms with E-state index in [0.29, 0.717) is 59.8 Å². The molecule has 3 aromatic rings. The van der Waals surface area contributed by atoms with Crippen LogP contribution in [0.3, 0.4) is 0 Å². The fourth-order valence-electron chi connectivity index (χ4n) is 3.73. The normalized spacial score (nSPS) is 11.8. The Morgan fingerprint density at radius 2 is 1.92 bits per heavy atom. The molecule has 2 N–H and O–H groups in total. The number of nitrogens with zero attached hydrogens (tertiary/aromatic N) is 1. The monoisotopic (exact) mass is 499 g/mol. The molecule has 0 spiro atoms. The highest BCUT2D eigenvalue weighted by Gasteiger charge is 2.18. The van der Waals surface area contributed by atoms with Crippen molar-refractivity contribution in [3.05, 3.63) is 68.0 Å². The molecule has 1 aromatic heterocycles. The number of ether oxygens (including phenoxy) is 4. The maximum atomic E-state index is 12.8. The number of fused-ring (bicyclic) bond motifs is 2. The lowest BCUT2D eigenvalue weighted by molar-refractivity contribution is -0.757. The summed E-state index contributed by atoms with van der Waals surface area (Å²) in [5.74, 6) is 1.51. The van der Waals surface area contributed by atoms with Gasteiger partial charge < -0.3 is 34.1 Å². The second kappa shape index (κ2) is 11.3. The molecule has 190 valence electrons. The highest BCUT2D eigenvalue weighted by atomic mass is 16.9. The van der Waals surface area contributed by atoms with Gasteiger partial charge in [0.15, 0.2) is 23.0 Å². The molecule has 0 fully saturated rings. The van der Waals surface area contributed by atoms with Crippen molar-refractivity contribution in [2.75, 3.05) is 27.1 Å². The number of methoxy groups -OCH3 is 1. The summed E-state index contributed by atoms with van der Waals surface area (Å²) in [4.78, 5) is 42.7. The zero-order chi connectivity index (χ0) is 25.5. The molecule has 0 bridgehead atoms. The molecule has 0 atom stereocenters. The number of unbranched alkanes of at least 4 members (excludes halogenated alkanes) is 2. The van der Waals surface area contributed by atoms with Crippen LogP contribution in [-0.4, -0.2) is 43.1 Å². The van der Waals surface area contributed by atoms with Gasteiger partial charge in [0.05, 0.1) is 25.8 Å². The van der Waals surface area contributed by atoms with E-state index < -0.39 is 16.6 Å². The first-order valence-electron chi connectivity index (χ1n) is 11.3. The number of nitrogens with one attached hydrogen (secondary N) is 2. The first-order valence-corrected chi connectivity index (χ1v) is 11.3. The number of carbonyl (C=O) groups excluding carboxylic acids is 1. The van der Waals surface area contributed by atoms with Gasteiger partial charge in [-0.2, -0.15) is 0 Å². The van der Waals surface area contributed by atoms with Crippen LogP contribution in [0.15, 0.2) is 41.2 Å². The summed E-state index contributed by atoms with van der Waals surface area (Å²) in [7, 11) is 1.49. The second-order valence-electron chi connectivity index (χ2n) is 7.91. The molecule has 0 unspecified atom stereocenters. The molecule has 0 saturated carbocycles. The second-order valence-corrected chi connectivity index (χ2v) is 7.91. The number of amides is 1. The van der Waals surface area contributed by atoms with Crippen LogP contribution < -0.4 is 29.8 Å². The number of pyridine rings is 1. The predicted octanol–water partition coefficient (Wildman–Crippen LogP) is 2.95. The van der Waals surface area contributed by atoms with Crippen molar-refractivity contribution in [3.63, 3.8) is 0 Å². The molecule has 1 amide bonds. The number of aromatic amines is 1. The van der Waals surface area contributed by atoms with Crippen LogP contribution in [0, 0.1) is 10.1 Å². The summed E-state index contributed by atoms with van der Waals surface area (Å²) >= 11 is 0. The molecule has 1 aliphatic rings. The van der Waals surface area contributed by atoms with E-state index in [1.54, 1.807) is 24.3 Å². The van der Waals surface area contributed by atoms with Crippen molar-refractivity contribution in [2.45, 2.75) is 25.8 Å². The molecule has 12 nitrogen and oxygen atoms in total. The van der Waals surface area contributed by atoms with Crippen molar-refractivity contribution in [1.82, 2.24) is 10.3 Å². The van der Waals surface area contributed by atoms with Crippen molar-refractivity contribution < 1.29 is 33.7 Å². The first kappa shape index (κ1) is 24.6. The fraction of sp³-hybridized carbons (Fsp3) is 0.333. The quantitative estimate of drug-likeness (QED) is 0.218. The third-order valence-electron chi connectivity index (χ3n) is 5.52.